The first-order valence-corrected chi connectivity index (χ1v) is 10.8. The molecule has 0 aliphatic heterocycles. The van der Waals surface area contributed by atoms with Gasteiger partial charge in [0.15, 0.2) is 4.34 Å². The fraction of sp³-hybridized carbons (Fsp3) is 0.286. The number of aryl methyl sites for hydroxylation is 1. The molecule has 2 aromatic carbocycles. The van der Waals surface area contributed by atoms with Crippen molar-refractivity contribution in [2.24, 2.45) is 0 Å². The molecule has 1 atom stereocenters. The molecule has 0 saturated carbocycles. The highest BCUT2D eigenvalue weighted by Gasteiger charge is 2.17. The Balaban J connectivity index is 1.55. The Morgan fingerprint density at radius 2 is 1.61 bits per heavy atom. The van der Waals surface area contributed by atoms with Gasteiger partial charge in [-0.2, -0.15) is 0 Å². The number of hydrogen-bond donors (Lipinski definition) is 2. The Bertz CT molecular complexity index is 920. The number of rotatable bonds is 7. The van der Waals surface area contributed by atoms with Crippen LogP contribution in [-0.4, -0.2) is 21.4 Å². The van der Waals surface area contributed by atoms with E-state index in [9.17, 15) is 4.79 Å². The fourth-order valence-electron chi connectivity index (χ4n) is 2.47. The summed E-state index contributed by atoms with van der Waals surface area (Å²) in [4.78, 5) is 12.4. The molecule has 1 amide bonds. The van der Waals surface area contributed by atoms with E-state index in [0.29, 0.717) is 11.0 Å². The zero-order valence-electron chi connectivity index (χ0n) is 16.4. The van der Waals surface area contributed by atoms with Gasteiger partial charge in [0, 0.05) is 11.4 Å². The first kappa shape index (κ1) is 20.4. The van der Waals surface area contributed by atoms with Crippen LogP contribution in [0.4, 0.5) is 16.5 Å². The van der Waals surface area contributed by atoms with Crippen molar-refractivity contribution in [1.82, 2.24) is 10.2 Å². The van der Waals surface area contributed by atoms with Gasteiger partial charge in [-0.05, 0) is 49.6 Å². The largest absolute Gasteiger partial charge is 0.330 e. The summed E-state index contributed by atoms with van der Waals surface area (Å²) in [7, 11) is 0. The molecule has 0 bridgehead atoms. The quantitative estimate of drug-likeness (QED) is 0.478. The number of nitrogens with one attached hydrogen (secondary N) is 2. The van der Waals surface area contributed by atoms with E-state index in [4.69, 9.17) is 0 Å². The van der Waals surface area contributed by atoms with E-state index in [1.54, 1.807) is 0 Å². The number of carbonyl (C=O) groups is 1. The molecular weight excluding hydrogens is 388 g/mol. The fourth-order valence-corrected chi connectivity index (χ4v) is 4.38. The summed E-state index contributed by atoms with van der Waals surface area (Å²) in [5, 5.41) is 15.0. The molecule has 28 heavy (non-hydrogen) atoms. The molecule has 7 heteroatoms. The van der Waals surface area contributed by atoms with E-state index >= 15 is 0 Å². The second-order valence-corrected chi connectivity index (χ2v) is 9.46. The molecule has 146 valence electrons. The van der Waals surface area contributed by atoms with Crippen molar-refractivity contribution in [2.75, 3.05) is 10.6 Å². The van der Waals surface area contributed by atoms with Crippen molar-refractivity contribution in [2.45, 2.75) is 43.2 Å². The third kappa shape index (κ3) is 5.56. The first-order valence-electron chi connectivity index (χ1n) is 9.15. The smallest absolute Gasteiger partial charge is 0.237 e. The van der Waals surface area contributed by atoms with Gasteiger partial charge in [0.25, 0.3) is 0 Å². The maximum Gasteiger partial charge on any atom is 0.237 e. The average molecular weight is 413 g/mol. The highest BCUT2D eigenvalue weighted by atomic mass is 32.2. The van der Waals surface area contributed by atoms with Crippen LogP contribution in [0.3, 0.4) is 0 Å². The van der Waals surface area contributed by atoms with Crippen LogP contribution in [0, 0.1) is 6.92 Å². The lowest BCUT2D eigenvalue weighted by Gasteiger charge is -2.10. The summed E-state index contributed by atoms with van der Waals surface area (Å²) in [5.74, 6) is 0.453. The molecule has 0 spiro atoms. The number of hydrogen-bond acceptors (Lipinski definition) is 6. The molecule has 5 nitrogen and oxygen atoms in total. The highest BCUT2D eigenvalue weighted by Crippen LogP contribution is 2.31. The van der Waals surface area contributed by atoms with Crippen LogP contribution in [0.2, 0.25) is 0 Å². The lowest BCUT2D eigenvalue weighted by atomic mass is 10.0. The number of thioether (sulfide) groups is 1. The minimum atomic E-state index is -0.271. The maximum atomic E-state index is 12.4. The molecule has 1 aromatic heterocycles. The average Bonchev–Trinajstić information content (AvgIpc) is 3.10. The van der Waals surface area contributed by atoms with Crippen molar-refractivity contribution in [3.8, 4) is 0 Å². The number of anilines is 3. The standard InChI is InChI=1S/C21H24N4OS2/c1-13(2)16-7-11-18(12-8-16)23-20-24-25-21(28-20)27-15(4)19(26)22-17-9-5-14(3)6-10-17/h5-13,15H,1-4H3,(H,22,26)(H,23,24)/t15-/m0/s1. The highest BCUT2D eigenvalue weighted by molar-refractivity contribution is 8.02. The van der Waals surface area contributed by atoms with Crippen LogP contribution in [0.5, 0.6) is 0 Å². The van der Waals surface area contributed by atoms with E-state index in [0.717, 1.165) is 21.3 Å². The summed E-state index contributed by atoms with van der Waals surface area (Å²) < 4.78 is 0.757. The Morgan fingerprint density at radius 1 is 0.964 bits per heavy atom. The van der Waals surface area contributed by atoms with Crippen LogP contribution in [-0.2, 0) is 4.79 Å². The molecule has 3 rings (SSSR count). The van der Waals surface area contributed by atoms with Gasteiger partial charge in [-0.1, -0.05) is 66.8 Å². The topological polar surface area (TPSA) is 66.9 Å². The first-order chi connectivity index (χ1) is 13.4. The minimum absolute atomic E-state index is 0.0529. The number of aromatic nitrogens is 2. The Labute approximate surface area is 174 Å². The molecule has 0 saturated heterocycles. The van der Waals surface area contributed by atoms with E-state index in [1.807, 2.05) is 50.2 Å². The van der Waals surface area contributed by atoms with Gasteiger partial charge in [-0.3, -0.25) is 4.79 Å². The van der Waals surface area contributed by atoms with E-state index < -0.39 is 0 Å². The van der Waals surface area contributed by atoms with Crippen molar-refractivity contribution >= 4 is 45.5 Å². The van der Waals surface area contributed by atoms with E-state index in [-0.39, 0.29) is 11.2 Å². The lowest BCUT2D eigenvalue weighted by molar-refractivity contribution is -0.115. The Hall–Kier alpha value is -2.38. The van der Waals surface area contributed by atoms with Crippen LogP contribution >= 0.6 is 23.1 Å². The molecule has 1 heterocycles. The predicted molar refractivity (Wildman–Crippen MR) is 119 cm³/mol. The minimum Gasteiger partial charge on any atom is -0.330 e. The molecule has 0 unspecified atom stereocenters. The third-order valence-electron chi connectivity index (χ3n) is 4.20. The number of carbonyl (C=O) groups excluding carboxylic acids is 1. The monoisotopic (exact) mass is 412 g/mol. The zero-order chi connectivity index (χ0) is 20.1. The van der Waals surface area contributed by atoms with E-state index in [1.165, 1.54) is 28.7 Å². The second kappa shape index (κ2) is 9.21. The zero-order valence-corrected chi connectivity index (χ0v) is 18.0. The lowest BCUT2D eigenvalue weighted by Crippen LogP contribution is -2.22. The normalized spacial score (nSPS) is 12.0. The molecule has 3 aromatic rings. The van der Waals surface area contributed by atoms with Crippen LogP contribution < -0.4 is 10.6 Å². The third-order valence-corrected chi connectivity index (χ3v) is 6.22. The van der Waals surface area contributed by atoms with Crippen molar-refractivity contribution < 1.29 is 4.79 Å². The summed E-state index contributed by atoms with van der Waals surface area (Å²) in [6, 6.07) is 16.1. The summed E-state index contributed by atoms with van der Waals surface area (Å²) in [6.07, 6.45) is 0. The second-order valence-electron chi connectivity index (χ2n) is 6.89. The molecule has 0 fully saturated rings. The number of benzene rings is 2. The summed E-state index contributed by atoms with van der Waals surface area (Å²) in [6.45, 7) is 8.23. The van der Waals surface area contributed by atoms with Gasteiger partial charge < -0.3 is 10.6 Å². The van der Waals surface area contributed by atoms with Crippen LogP contribution in [0.25, 0.3) is 0 Å². The maximum absolute atomic E-state index is 12.4. The van der Waals surface area contributed by atoms with Gasteiger partial charge in [0.05, 0.1) is 5.25 Å². The van der Waals surface area contributed by atoms with Crippen molar-refractivity contribution in [1.29, 1.82) is 0 Å². The number of amides is 1. The number of nitrogens with zero attached hydrogens (tertiary/aromatic N) is 2. The van der Waals surface area contributed by atoms with Crippen LogP contribution in [0.1, 0.15) is 37.8 Å². The molecular formula is C21H24N4OS2. The van der Waals surface area contributed by atoms with Gasteiger partial charge in [-0.25, -0.2) is 0 Å². The molecule has 2 N–H and O–H groups in total. The summed E-state index contributed by atoms with van der Waals surface area (Å²) in [5.41, 5.74) is 4.23. The van der Waals surface area contributed by atoms with Crippen molar-refractivity contribution in [3.63, 3.8) is 0 Å². The van der Waals surface area contributed by atoms with Crippen LogP contribution in [0.15, 0.2) is 52.9 Å². The van der Waals surface area contributed by atoms with Gasteiger partial charge in [0.1, 0.15) is 0 Å². The Kier molecular flexibility index (Phi) is 6.70. The van der Waals surface area contributed by atoms with Gasteiger partial charge >= 0.3 is 0 Å². The Morgan fingerprint density at radius 3 is 2.25 bits per heavy atom. The van der Waals surface area contributed by atoms with Crippen molar-refractivity contribution in [3.05, 3.63) is 59.7 Å². The van der Waals surface area contributed by atoms with E-state index in [2.05, 4.69) is 46.8 Å². The van der Waals surface area contributed by atoms with Gasteiger partial charge in [-0.15, -0.1) is 10.2 Å². The molecule has 0 aliphatic rings. The SMILES string of the molecule is Cc1ccc(NC(=O)[C@H](C)Sc2nnc(Nc3ccc(C(C)C)cc3)s2)cc1. The predicted octanol–water partition coefficient (Wildman–Crippen LogP) is 5.83. The van der Waals surface area contributed by atoms with Gasteiger partial charge in [0.2, 0.25) is 11.0 Å². The molecule has 0 radical (unpaired) electrons. The molecule has 0 aliphatic carbocycles. The summed E-state index contributed by atoms with van der Waals surface area (Å²) >= 11 is 2.85.